The van der Waals surface area contributed by atoms with E-state index >= 15 is 0 Å². The Labute approximate surface area is 163 Å². The van der Waals surface area contributed by atoms with Gasteiger partial charge < -0.3 is 9.47 Å². The topological polar surface area (TPSA) is 35.5 Å². The summed E-state index contributed by atoms with van der Waals surface area (Å²) in [5.74, 6) is 0.996. The third-order valence-corrected chi connectivity index (χ3v) is 4.64. The summed E-state index contributed by atoms with van der Waals surface area (Å²) in [5.41, 5.74) is 4.28. The summed E-state index contributed by atoms with van der Waals surface area (Å²) in [4.78, 5) is 12.7. The Bertz CT molecular complexity index is 1060. The van der Waals surface area contributed by atoms with Gasteiger partial charge in [0.05, 0.1) is 5.56 Å². The number of Topliss-reactive ketones (excluding diaryl/α,β-unsaturated/α-hetero) is 1. The zero-order valence-electron chi connectivity index (χ0n) is 15.7. The van der Waals surface area contributed by atoms with Crippen LogP contribution in [0.1, 0.15) is 32.6 Å². The highest BCUT2D eigenvalue weighted by Gasteiger charge is 2.30. The third-order valence-electron chi connectivity index (χ3n) is 4.64. The summed E-state index contributed by atoms with van der Waals surface area (Å²) in [6, 6.07) is 17.6. The molecule has 1 heterocycles. The lowest BCUT2D eigenvalue weighted by Gasteiger charge is -2.09. The van der Waals surface area contributed by atoms with Crippen LogP contribution in [-0.4, -0.2) is 5.78 Å². The summed E-state index contributed by atoms with van der Waals surface area (Å²) < 4.78 is 24.6. The van der Waals surface area contributed by atoms with E-state index < -0.39 is 0 Å². The van der Waals surface area contributed by atoms with E-state index in [0.717, 1.165) is 22.3 Å². The van der Waals surface area contributed by atoms with Gasteiger partial charge in [0.15, 0.2) is 5.76 Å². The molecule has 0 fully saturated rings. The summed E-state index contributed by atoms with van der Waals surface area (Å²) in [7, 11) is 0. The number of allylic oxidation sites excluding steroid dienone is 1. The van der Waals surface area contributed by atoms with Crippen molar-refractivity contribution in [1.82, 2.24) is 0 Å². The monoisotopic (exact) mass is 374 g/mol. The normalized spacial score (nSPS) is 14.1. The number of aryl methyl sites for hydroxylation is 2. The maximum Gasteiger partial charge on any atom is 0.232 e. The number of hydrogen-bond donors (Lipinski definition) is 0. The number of ether oxygens (including phenoxy) is 2. The molecular weight excluding hydrogens is 355 g/mol. The molecule has 0 N–H and O–H groups in total. The Morgan fingerprint density at radius 3 is 2.43 bits per heavy atom. The lowest BCUT2D eigenvalue weighted by molar-refractivity contribution is 0.101. The van der Waals surface area contributed by atoms with Crippen LogP contribution in [0.4, 0.5) is 4.39 Å². The number of carbonyl (C=O) groups excluding carboxylic acids is 1. The fraction of sp³-hybridized carbons (Fsp3) is 0.125. The van der Waals surface area contributed by atoms with Crippen molar-refractivity contribution in [2.24, 2.45) is 0 Å². The highest BCUT2D eigenvalue weighted by atomic mass is 19.1. The van der Waals surface area contributed by atoms with Crippen molar-refractivity contribution < 1.29 is 18.7 Å². The van der Waals surface area contributed by atoms with Gasteiger partial charge >= 0.3 is 0 Å². The number of ketones is 1. The highest BCUT2D eigenvalue weighted by molar-refractivity contribution is 6.15. The number of fused-ring (bicyclic) bond motifs is 1. The van der Waals surface area contributed by atoms with Crippen LogP contribution in [0.25, 0.3) is 6.08 Å². The Kier molecular flexibility index (Phi) is 4.70. The SMILES string of the molecule is Cc1ccc(/C=C2\Oc3cc(OCc4ccc(F)cc4)cc(C)c3C2=O)cc1. The number of benzene rings is 3. The number of halogens is 1. The zero-order valence-corrected chi connectivity index (χ0v) is 15.7. The Morgan fingerprint density at radius 1 is 1.00 bits per heavy atom. The maximum absolute atomic E-state index is 13.0. The van der Waals surface area contributed by atoms with Gasteiger partial charge in [-0.1, -0.05) is 42.0 Å². The first kappa shape index (κ1) is 18.0. The van der Waals surface area contributed by atoms with Crippen LogP contribution in [0.2, 0.25) is 0 Å². The van der Waals surface area contributed by atoms with Gasteiger partial charge in [-0.15, -0.1) is 0 Å². The number of hydrogen-bond acceptors (Lipinski definition) is 3. The summed E-state index contributed by atoms with van der Waals surface area (Å²) in [5, 5.41) is 0. The first-order valence-corrected chi connectivity index (χ1v) is 9.02. The molecule has 3 aromatic rings. The van der Waals surface area contributed by atoms with E-state index in [4.69, 9.17) is 9.47 Å². The van der Waals surface area contributed by atoms with Crippen molar-refractivity contribution in [3.63, 3.8) is 0 Å². The molecule has 28 heavy (non-hydrogen) atoms. The quantitative estimate of drug-likeness (QED) is 0.555. The van der Waals surface area contributed by atoms with Gasteiger partial charge in [-0.3, -0.25) is 4.79 Å². The first-order chi connectivity index (χ1) is 13.5. The molecule has 0 radical (unpaired) electrons. The van der Waals surface area contributed by atoms with E-state index in [9.17, 15) is 9.18 Å². The van der Waals surface area contributed by atoms with Crippen LogP contribution in [0.5, 0.6) is 11.5 Å². The largest absolute Gasteiger partial charge is 0.489 e. The van der Waals surface area contributed by atoms with Crippen LogP contribution >= 0.6 is 0 Å². The molecule has 4 rings (SSSR count). The van der Waals surface area contributed by atoms with Crippen LogP contribution in [0.3, 0.4) is 0 Å². The molecule has 0 aliphatic carbocycles. The second kappa shape index (κ2) is 7.31. The van der Waals surface area contributed by atoms with Crippen LogP contribution < -0.4 is 9.47 Å². The minimum atomic E-state index is -0.281. The molecule has 1 aliphatic heterocycles. The Hall–Kier alpha value is -3.40. The van der Waals surface area contributed by atoms with Crippen LogP contribution in [0, 0.1) is 19.7 Å². The molecule has 3 nitrogen and oxygen atoms in total. The van der Waals surface area contributed by atoms with Crippen molar-refractivity contribution in [3.05, 3.63) is 100 Å². The molecule has 0 saturated heterocycles. The Morgan fingerprint density at radius 2 is 1.71 bits per heavy atom. The van der Waals surface area contributed by atoms with Crippen molar-refractivity contribution >= 4 is 11.9 Å². The first-order valence-electron chi connectivity index (χ1n) is 9.02. The molecule has 0 amide bonds. The summed E-state index contributed by atoms with van der Waals surface area (Å²) in [6.07, 6.45) is 1.75. The second-order valence-electron chi connectivity index (χ2n) is 6.88. The molecule has 1 aliphatic rings. The minimum absolute atomic E-state index is 0.127. The fourth-order valence-electron chi connectivity index (χ4n) is 3.12. The van der Waals surface area contributed by atoms with E-state index in [1.54, 1.807) is 24.3 Å². The molecular formula is C24H19FO3. The van der Waals surface area contributed by atoms with E-state index in [-0.39, 0.29) is 11.6 Å². The van der Waals surface area contributed by atoms with Gasteiger partial charge in [0.2, 0.25) is 5.78 Å². The predicted octanol–water partition coefficient (Wildman–Crippen LogP) is 5.64. The van der Waals surface area contributed by atoms with Crippen molar-refractivity contribution in [2.75, 3.05) is 0 Å². The van der Waals surface area contributed by atoms with Crippen molar-refractivity contribution in [1.29, 1.82) is 0 Å². The smallest absolute Gasteiger partial charge is 0.232 e. The van der Waals surface area contributed by atoms with Gasteiger partial charge in [0.25, 0.3) is 0 Å². The molecule has 0 atom stereocenters. The lowest BCUT2D eigenvalue weighted by Crippen LogP contribution is -2.00. The Balaban J connectivity index is 1.55. The zero-order chi connectivity index (χ0) is 19.7. The fourth-order valence-corrected chi connectivity index (χ4v) is 3.12. The average Bonchev–Trinajstić information content (AvgIpc) is 2.99. The van der Waals surface area contributed by atoms with E-state index in [1.807, 2.05) is 44.2 Å². The van der Waals surface area contributed by atoms with Crippen molar-refractivity contribution in [2.45, 2.75) is 20.5 Å². The van der Waals surface area contributed by atoms with Gasteiger partial charge in [0, 0.05) is 6.07 Å². The summed E-state index contributed by atoms with van der Waals surface area (Å²) >= 11 is 0. The predicted molar refractivity (Wildman–Crippen MR) is 106 cm³/mol. The standard InChI is InChI=1S/C24H19FO3/c1-15-3-5-17(6-4-15)12-22-24(26)23-16(2)11-20(13-21(23)28-22)27-14-18-7-9-19(25)10-8-18/h3-13H,14H2,1-2H3/b22-12-. The molecule has 0 aromatic heterocycles. The van der Waals surface area contributed by atoms with Crippen LogP contribution in [-0.2, 0) is 6.61 Å². The summed E-state index contributed by atoms with van der Waals surface area (Å²) in [6.45, 7) is 4.18. The number of rotatable bonds is 4. The van der Waals surface area contributed by atoms with Gasteiger partial charge in [0.1, 0.15) is 23.9 Å². The molecule has 4 heteroatoms. The molecule has 0 saturated carbocycles. The van der Waals surface area contributed by atoms with Crippen LogP contribution in [0.15, 0.2) is 66.4 Å². The molecule has 0 bridgehead atoms. The maximum atomic E-state index is 13.0. The second-order valence-corrected chi connectivity index (χ2v) is 6.88. The van der Waals surface area contributed by atoms with E-state index in [0.29, 0.717) is 29.4 Å². The minimum Gasteiger partial charge on any atom is -0.489 e. The lowest BCUT2D eigenvalue weighted by atomic mass is 10.0. The van der Waals surface area contributed by atoms with Crippen molar-refractivity contribution in [3.8, 4) is 11.5 Å². The van der Waals surface area contributed by atoms with E-state index in [2.05, 4.69) is 0 Å². The van der Waals surface area contributed by atoms with E-state index in [1.165, 1.54) is 12.1 Å². The number of carbonyl (C=O) groups is 1. The molecule has 140 valence electrons. The molecule has 0 spiro atoms. The average molecular weight is 374 g/mol. The van der Waals surface area contributed by atoms with Gasteiger partial charge in [-0.05, 0) is 54.8 Å². The third kappa shape index (κ3) is 3.67. The van der Waals surface area contributed by atoms with Gasteiger partial charge in [-0.25, -0.2) is 4.39 Å². The molecule has 3 aromatic carbocycles. The van der Waals surface area contributed by atoms with Gasteiger partial charge in [-0.2, -0.15) is 0 Å². The highest BCUT2D eigenvalue weighted by Crippen LogP contribution is 2.37. The molecule has 0 unspecified atom stereocenters.